The van der Waals surface area contributed by atoms with Gasteiger partial charge in [0.2, 0.25) is 0 Å². The second-order valence-corrected chi connectivity index (χ2v) is 8.38. The van der Waals surface area contributed by atoms with Crippen LogP contribution in [0, 0.1) is 0 Å². The van der Waals surface area contributed by atoms with Gasteiger partial charge in [-0.2, -0.15) is 0 Å². The third-order valence-electron chi connectivity index (χ3n) is 4.73. The number of amides is 1. The van der Waals surface area contributed by atoms with Gasteiger partial charge in [0, 0.05) is 31.0 Å². The number of carbonyl (C=O) groups is 1. The topological polar surface area (TPSA) is 51.7 Å². The van der Waals surface area contributed by atoms with E-state index in [1.54, 1.807) is 30.2 Å². The summed E-state index contributed by atoms with van der Waals surface area (Å²) in [6, 6.07) is 10.7. The average Bonchev–Trinajstić information content (AvgIpc) is 3.09. The minimum absolute atomic E-state index is 0.0344. The van der Waals surface area contributed by atoms with E-state index in [2.05, 4.69) is 4.98 Å². The number of hydrogen-bond donors (Lipinski definition) is 0. The lowest BCUT2D eigenvalue weighted by Gasteiger charge is -2.31. The predicted octanol–water partition coefficient (Wildman–Crippen LogP) is 5.30. The van der Waals surface area contributed by atoms with Gasteiger partial charge in [-0.3, -0.25) is 4.79 Å². The molecule has 3 aromatic rings. The van der Waals surface area contributed by atoms with E-state index in [0.29, 0.717) is 33.9 Å². The van der Waals surface area contributed by atoms with Gasteiger partial charge < -0.3 is 14.4 Å². The zero-order valence-corrected chi connectivity index (χ0v) is 17.5. The van der Waals surface area contributed by atoms with Crippen LogP contribution < -0.4 is 9.47 Å². The fraction of sp³-hybridized carbons (Fsp3) is 0.300. The van der Waals surface area contributed by atoms with Crippen LogP contribution in [-0.2, 0) is 0 Å². The molecule has 0 spiro atoms. The predicted molar refractivity (Wildman–Crippen MR) is 112 cm³/mol. The number of carbonyl (C=O) groups excluding carboxylic acids is 1. The van der Waals surface area contributed by atoms with Gasteiger partial charge >= 0.3 is 0 Å². The summed E-state index contributed by atoms with van der Waals surface area (Å²) in [6.07, 6.45) is 1.53. The molecule has 0 unspecified atom stereocenters. The zero-order valence-electron chi connectivity index (χ0n) is 15.2. The van der Waals surface area contributed by atoms with E-state index in [1.807, 2.05) is 18.2 Å². The van der Waals surface area contributed by atoms with Crippen molar-refractivity contribution in [3.63, 3.8) is 0 Å². The summed E-state index contributed by atoms with van der Waals surface area (Å²) in [4.78, 5) is 19.0. The molecule has 0 bridgehead atoms. The van der Waals surface area contributed by atoms with Gasteiger partial charge in [0.05, 0.1) is 27.9 Å². The van der Waals surface area contributed by atoms with Crippen LogP contribution in [0.15, 0.2) is 36.4 Å². The highest BCUT2D eigenvalue weighted by Gasteiger charge is 2.26. The monoisotopic (exact) mass is 436 g/mol. The van der Waals surface area contributed by atoms with Gasteiger partial charge in [-0.1, -0.05) is 34.5 Å². The molecule has 0 aliphatic carbocycles. The Morgan fingerprint density at radius 3 is 2.68 bits per heavy atom. The van der Waals surface area contributed by atoms with Gasteiger partial charge in [0.1, 0.15) is 11.9 Å². The van der Waals surface area contributed by atoms with Crippen LogP contribution in [0.5, 0.6) is 10.9 Å². The normalized spacial score (nSPS) is 15.0. The van der Waals surface area contributed by atoms with E-state index in [1.165, 1.54) is 11.3 Å². The van der Waals surface area contributed by atoms with E-state index in [-0.39, 0.29) is 12.0 Å². The van der Waals surface area contributed by atoms with Crippen LogP contribution in [0.25, 0.3) is 10.2 Å². The summed E-state index contributed by atoms with van der Waals surface area (Å²) in [5.41, 5.74) is 1.37. The second kappa shape index (κ2) is 8.15. The van der Waals surface area contributed by atoms with Crippen molar-refractivity contribution in [3.05, 3.63) is 52.0 Å². The number of methoxy groups -OCH3 is 1. The largest absolute Gasteiger partial charge is 0.497 e. The quantitative estimate of drug-likeness (QED) is 0.556. The number of halogens is 2. The highest BCUT2D eigenvalue weighted by atomic mass is 35.5. The molecule has 146 valence electrons. The molecule has 1 amide bonds. The number of fused-ring (bicyclic) bond motifs is 1. The first-order chi connectivity index (χ1) is 13.5. The van der Waals surface area contributed by atoms with Crippen LogP contribution in [0.3, 0.4) is 0 Å². The summed E-state index contributed by atoms with van der Waals surface area (Å²) in [7, 11) is 1.64. The minimum atomic E-state index is -0.0767. The van der Waals surface area contributed by atoms with Crippen LogP contribution in [0.2, 0.25) is 10.0 Å². The molecule has 2 aromatic carbocycles. The Morgan fingerprint density at radius 1 is 1.18 bits per heavy atom. The van der Waals surface area contributed by atoms with E-state index in [4.69, 9.17) is 32.7 Å². The van der Waals surface area contributed by atoms with Crippen LogP contribution in [-0.4, -0.2) is 42.1 Å². The number of rotatable bonds is 4. The molecule has 1 aliphatic heterocycles. The molecular formula is C20H18Cl2N2O3S. The molecule has 28 heavy (non-hydrogen) atoms. The molecule has 0 N–H and O–H groups in total. The van der Waals surface area contributed by atoms with Crippen molar-refractivity contribution in [3.8, 4) is 10.9 Å². The molecule has 1 fully saturated rings. The molecule has 0 radical (unpaired) electrons. The molecule has 2 heterocycles. The van der Waals surface area contributed by atoms with Gasteiger partial charge in [-0.05, 0) is 36.4 Å². The zero-order chi connectivity index (χ0) is 19.7. The van der Waals surface area contributed by atoms with Gasteiger partial charge in [-0.15, -0.1) is 0 Å². The Balaban J connectivity index is 1.38. The van der Waals surface area contributed by atoms with Crippen molar-refractivity contribution in [1.29, 1.82) is 0 Å². The minimum Gasteiger partial charge on any atom is -0.497 e. The van der Waals surface area contributed by atoms with Gasteiger partial charge in [-0.25, -0.2) is 4.98 Å². The van der Waals surface area contributed by atoms with E-state index < -0.39 is 0 Å². The SMILES string of the molecule is COc1ccc2nc(OC3CCN(C(=O)c4ccc(Cl)cc4Cl)CC3)sc2c1. The summed E-state index contributed by atoms with van der Waals surface area (Å²) in [5, 5.41) is 1.54. The Hall–Kier alpha value is -2.02. The van der Waals surface area contributed by atoms with Crippen molar-refractivity contribution in [2.45, 2.75) is 18.9 Å². The summed E-state index contributed by atoms with van der Waals surface area (Å²) >= 11 is 13.6. The Bertz CT molecular complexity index is 1020. The first-order valence-electron chi connectivity index (χ1n) is 8.89. The third kappa shape index (κ3) is 4.04. The maximum absolute atomic E-state index is 12.7. The molecule has 0 atom stereocenters. The molecule has 8 heteroatoms. The molecule has 1 aliphatic rings. The smallest absolute Gasteiger partial charge is 0.274 e. The van der Waals surface area contributed by atoms with E-state index >= 15 is 0 Å². The van der Waals surface area contributed by atoms with Crippen LogP contribution in [0.1, 0.15) is 23.2 Å². The van der Waals surface area contributed by atoms with Crippen molar-refractivity contribution in [2.75, 3.05) is 20.2 Å². The van der Waals surface area contributed by atoms with Crippen molar-refractivity contribution in [1.82, 2.24) is 9.88 Å². The van der Waals surface area contributed by atoms with Gasteiger partial charge in [0.15, 0.2) is 0 Å². The Labute approximate surface area is 176 Å². The molecular weight excluding hydrogens is 419 g/mol. The Morgan fingerprint density at radius 2 is 1.96 bits per heavy atom. The lowest BCUT2D eigenvalue weighted by Crippen LogP contribution is -2.41. The third-order valence-corrected chi connectivity index (χ3v) is 6.19. The lowest BCUT2D eigenvalue weighted by molar-refractivity contribution is 0.0595. The number of aromatic nitrogens is 1. The first kappa shape index (κ1) is 19.3. The highest BCUT2D eigenvalue weighted by Crippen LogP contribution is 2.32. The molecule has 1 aromatic heterocycles. The molecule has 4 rings (SSSR count). The van der Waals surface area contributed by atoms with E-state index in [9.17, 15) is 4.79 Å². The first-order valence-corrected chi connectivity index (χ1v) is 10.5. The fourth-order valence-electron chi connectivity index (χ4n) is 3.21. The standard InChI is InChI=1S/C20H18Cl2N2O3S/c1-26-14-3-5-17-18(11-14)28-20(23-17)27-13-6-8-24(9-7-13)19(25)15-4-2-12(21)10-16(15)22/h2-5,10-11,13H,6-9H2,1H3. The summed E-state index contributed by atoms with van der Waals surface area (Å²) in [5.74, 6) is 0.725. The number of hydrogen-bond acceptors (Lipinski definition) is 5. The maximum Gasteiger partial charge on any atom is 0.274 e. The number of likely N-dealkylation sites (tertiary alicyclic amines) is 1. The molecule has 0 saturated carbocycles. The van der Waals surface area contributed by atoms with Gasteiger partial charge in [0.25, 0.3) is 11.1 Å². The summed E-state index contributed by atoms with van der Waals surface area (Å²) in [6.45, 7) is 1.22. The van der Waals surface area contributed by atoms with Crippen LogP contribution in [0.4, 0.5) is 0 Å². The number of benzene rings is 2. The average molecular weight is 437 g/mol. The number of nitrogens with zero attached hydrogens (tertiary/aromatic N) is 2. The number of thiazole rings is 1. The second-order valence-electron chi connectivity index (χ2n) is 6.55. The van der Waals surface area contributed by atoms with Crippen molar-refractivity contribution >= 4 is 50.7 Å². The maximum atomic E-state index is 12.7. The number of ether oxygens (including phenoxy) is 2. The molecule has 5 nitrogen and oxygen atoms in total. The van der Waals surface area contributed by atoms with Crippen molar-refractivity contribution in [2.24, 2.45) is 0 Å². The number of piperidine rings is 1. The highest BCUT2D eigenvalue weighted by molar-refractivity contribution is 7.20. The van der Waals surface area contributed by atoms with E-state index in [0.717, 1.165) is 28.8 Å². The lowest BCUT2D eigenvalue weighted by atomic mass is 10.1. The van der Waals surface area contributed by atoms with Crippen molar-refractivity contribution < 1.29 is 14.3 Å². The Kier molecular flexibility index (Phi) is 5.62. The summed E-state index contributed by atoms with van der Waals surface area (Å²) < 4.78 is 12.4. The molecule has 1 saturated heterocycles. The van der Waals surface area contributed by atoms with Crippen LogP contribution >= 0.6 is 34.5 Å². The fourth-order valence-corrected chi connectivity index (χ4v) is 4.61.